The summed E-state index contributed by atoms with van der Waals surface area (Å²) in [5.74, 6) is 0.746. The number of nitrogens with two attached hydrogens (primary N) is 1. The highest BCUT2D eigenvalue weighted by Crippen LogP contribution is 2.37. The number of nitrogens with zero attached hydrogens (tertiary/aromatic N) is 1. The first-order valence-electron chi connectivity index (χ1n) is 6.25. The minimum Gasteiger partial charge on any atom is -0.486 e. The molecule has 1 amide bonds. The summed E-state index contributed by atoms with van der Waals surface area (Å²) < 4.78 is 10.9. The summed E-state index contributed by atoms with van der Waals surface area (Å²) in [7, 11) is 0. The molecule has 0 spiro atoms. The summed E-state index contributed by atoms with van der Waals surface area (Å²) in [4.78, 5) is 16.0. The second-order valence-corrected chi connectivity index (χ2v) is 4.80. The number of anilines is 2. The van der Waals surface area contributed by atoms with Gasteiger partial charge in [0.2, 0.25) is 0 Å². The van der Waals surface area contributed by atoms with Crippen LogP contribution in [0.3, 0.4) is 0 Å². The number of rotatable bonds is 2. The lowest BCUT2D eigenvalue weighted by atomic mass is 10.2. The molecular formula is C14H12ClN3O3. The number of amides is 1. The molecule has 21 heavy (non-hydrogen) atoms. The van der Waals surface area contributed by atoms with Crippen molar-refractivity contribution in [3.8, 4) is 11.5 Å². The summed E-state index contributed by atoms with van der Waals surface area (Å²) in [5.41, 5.74) is 7.06. The van der Waals surface area contributed by atoms with E-state index < -0.39 is 0 Å². The minimum atomic E-state index is -0.370. The highest BCUT2D eigenvalue weighted by molar-refractivity contribution is 6.34. The van der Waals surface area contributed by atoms with Crippen molar-refractivity contribution in [2.75, 3.05) is 24.3 Å². The van der Waals surface area contributed by atoms with Crippen molar-refractivity contribution in [2.45, 2.75) is 0 Å². The molecule has 1 aliphatic rings. The molecule has 0 atom stereocenters. The van der Waals surface area contributed by atoms with E-state index in [1.165, 1.54) is 18.5 Å². The number of halogens is 1. The Morgan fingerprint density at radius 3 is 2.71 bits per heavy atom. The van der Waals surface area contributed by atoms with Gasteiger partial charge in [-0.05, 0) is 6.07 Å². The average Bonchev–Trinajstić information content (AvgIpc) is 2.48. The Morgan fingerprint density at radius 2 is 2.00 bits per heavy atom. The van der Waals surface area contributed by atoms with Crippen molar-refractivity contribution < 1.29 is 14.3 Å². The molecule has 2 heterocycles. The van der Waals surface area contributed by atoms with Crippen LogP contribution in [0.2, 0.25) is 5.02 Å². The number of hydrogen-bond acceptors (Lipinski definition) is 5. The number of nitrogens with one attached hydrogen (secondary N) is 1. The zero-order valence-electron chi connectivity index (χ0n) is 10.9. The van der Waals surface area contributed by atoms with Crippen LogP contribution in [0.25, 0.3) is 0 Å². The van der Waals surface area contributed by atoms with Crippen LogP contribution in [-0.2, 0) is 0 Å². The Labute approximate surface area is 125 Å². The third-order valence-corrected chi connectivity index (χ3v) is 3.28. The van der Waals surface area contributed by atoms with Crippen molar-refractivity contribution in [1.29, 1.82) is 0 Å². The van der Waals surface area contributed by atoms with E-state index >= 15 is 0 Å². The highest BCUT2D eigenvalue weighted by atomic mass is 35.5. The van der Waals surface area contributed by atoms with Crippen molar-refractivity contribution >= 4 is 28.9 Å². The minimum absolute atomic E-state index is 0.270. The maximum Gasteiger partial charge on any atom is 0.257 e. The van der Waals surface area contributed by atoms with E-state index in [2.05, 4.69) is 10.3 Å². The number of fused-ring (bicyclic) bond motifs is 1. The Kier molecular flexibility index (Phi) is 3.53. The largest absolute Gasteiger partial charge is 0.486 e. The zero-order valence-corrected chi connectivity index (χ0v) is 11.7. The first-order valence-corrected chi connectivity index (χ1v) is 6.63. The number of pyridine rings is 1. The molecule has 0 unspecified atom stereocenters. The van der Waals surface area contributed by atoms with Crippen LogP contribution in [0.5, 0.6) is 11.5 Å². The van der Waals surface area contributed by atoms with Crippen LogP contribution in [0.1, 0.15) is 10.4 Å². The first kappa shape index (κ1) is 13.5. The first-order chi connectivity index (χ1) is 10.1. The summed E-state index contributed by atoms with van der Waals surface area (Å²) in [6.45, 7) is 0.936. The molecule has 3 rings (SSSR count). The third kappa shape index (κ3) is 2.71. The number of hydrogen-bond donors (Lipinski definition) is 2. The van der Waals surface area contributed by atoms with E-state index in [1.54, 1.807) is 12.1 Å². The summed E-state index contributed by atoms with van der Waals surface area (Å²) >= 11 is 5.94. The van der Waals surface area contributed by atoms with Crippen LogP contribution in [-0.4, -0.2) is 24.1 Å². The molecule has 0 radical (unpaired) electrons. The topological polar surface area (TPSA) is 86.5 Å². The van der Waals surface area contributed by atoms with Crippen molar-refractivity contribution in [1.82, 2.24) is 4.98 Å². The van der Waals surface area contributed by atoms with Gasteiger partial charge in [-0.25, -0.2) is 0 Å². The van der Waals surface area contributed by atoms with E-state index in [4.69, 9.17) is 26.8 Å². The molecule has 1 aromatic carbocycles. The van der Waals surface area contributed by atoms with Gasteiger partial charge in [-0.2, -0.15) is 0 Å². The van der Waals surface area contributed by atoms with Gasteiger partial charge in [-0.3, -0.25) is 9.78 Å². The predicted molar refractivity (Wildman–Crippen MR) is 79.0 cm³/mol. The maximum atomic E-state index is 12.2. The molecule has 108 valence electrons. The molecule has 2 aromatic rings. The molecule has 0 aliphatic carbocycles. The number of carbonyl (C=O) groups is 1. The number of carbonyl (C=O) groups excluding carboxylic acids is 1. The van der Waals surface area contributed by atoms with Gasteiger partial charge in [0.25, 0.3) is 5.91 Å². The van der Waals surface area contributed by atoms with E-state index in [0.29, 0.717) is 41.7 Å². The molecule has 1 aromatic heterocycles. The molecule has 0 bridgehead atoms. The fourth-order valence-electron chi connectivity index (χ4n) is 1.96. The standard InChI is InChI=1S/C14H12ClN3O3/c15-9-7-17-2-1-8(9)14(19)18-11-6-13-12(5-10(11)16)20-3-4-21-13/h1-2,5-7H,3-4,16H2,(H,18,19). The van der Waals surface area contributed by atoms with E-state index in [9.17, 15) is 4.79 Å². The molecule has 3 N–H and O–H groups in total. The second-order valence-electron chi connectivity index (χ2n) is 4.39. The summed E-state index contributed by atoms with van der Waals surface area (Å²) in [5, 5.41) is 2.98. The Morgan fingerprint density at radius 1 is 1.29 bits per heavy atom. The lowest BCUT2D eigenvalue weighted by molar-refractivity contribution is 0.102. The van der Waals surface area contributed by atoms with E-state index in [0.717, 1.165) is 0 Å². The predicted octanol–water partition coefficient (Wildman–Crippen LogP) is 2.34. The summed E-state index contributed by atoms with van der Waals surface area (Å²) in [6.07, 6.45) is 2.90. The summed E-state index contributed by atoms with van der Waals surface area (Å²) in [6, 6.07) is 4.79. The molecule has 0 saturated heterocycles. The highest BCUT2D eigenvalue weighted by Gasteiger charge is 2.17. The maximum absolute atomic E-state index is 12.2. The van der Waals surface area contributed by atoms with Crippen molar-refractivity contribution in [2.24, 2.45) is 0 Å². The average molecular weight is 306 g/mol. The van der Waals surface area contributed by atoms with Gasteiger partial charge in [-0.1, -0.05) is 11.6 Å². The van der Waals surface area contributed by atoms with Gasteiger partial charge in [0.15, 0.2) is 11.5 Å². The van der Waals surface area contributed by atoms with E-state index in [-0.39, 0.29) is 10.9 Å². The lowest BCUT2D eigenvalue weighted by Gasteiger charge is -2.20. The van der Waals surface area contributed by atoms with Gasteiger partial charge < -0.3 is 20.5 Å². The van der Waals surface area contributed by atoms with Crippen molar-refractivity contribution in [3.05, 3.63) is 41.2 Å². The Balaban J connectivity index is 1.88. The van der Waals surface area contributed by atoms with E-state index in [1.807, 2.05) is 0 Å². The Hall–Kier alpha value is -2.47. The molecule has 0 fully saturated rings. The van der Waals surface area contributed by atoms with Crippen LogP contribution in [0.4, 0.5) is 11.4 Å². The number of nitrogen functional groups attached to an aromatic ring is 1. The molecular weight excluding hydrogens is 294 g/mol. The molecule has 0 saturated carbocycles. The van der Waals surface area contributed by atoms with Crippen LogP contribution >= 0.6 is 11.6 Å². The van der Waals surface area contributed by atoms with Crippen LogP contribution in [0, 0.1) is 0 Å². The van der Waals surface area contributed by atoms with Crippen molar-refractivity contribution in [3.63, 3.8) is 0 Å². The quantitative estimate of drug-likeness (QED) is 0.832. The number of ether oxygens (including phenoxy) is 2. The molecule has 1 aliphatic heterocycles. The molecule has 7 heteroatoms. The normalized spacial score (nSPS) is 12.8. The molecule has 6 nitrogen and oxygen atoms in total. The fourth-order valence-corrected chi connectivity index (χ4v) is 2.17. The third-order valence-electron chi connectivity index (χ3n) is 2.98. The SMILES string of the molecule is Nc1cc2c(cc1NC(=O)c1ccncc1Cl)OCCO2. The van der Waals surface area contributed by atoms with Gasteiger partial charge in [0, 0.05) is 24.5 Å². The smallest absolute Gasteiger partial charge is 0.257 e. The monoisotopic (exact) mass is 305 g/mol. The van der Waals surface area contributed by atoms with Crippen LogP contribution in [0.15, 0.2) is 30.6 Å². The van der Waals surface area contributed by atoms with Gasteiger partial charge in [-0.15, -0.1) is 0 Å². The number of aromatic nitrogens is 1. The second kappa shape index (κ2) is 5.49. The Bertz CT molecular complexity index is 706. The zero-order chi connectivity index (χ0) is 14.8. The lowest BCUT2D eigenvalue weighted by Crippen LogP contribution is -2.17. The van der Waals surface area contributed by atoms with Crippen LogP contribution < -0.4 is 20.5 Å². The number of benzene rings is 1. The van der Waals surface area contributed by atoms with Gasteiger partial charge >= 0.3 is 0 Å². The van der Waals surface area contributed by atoms with Gasteiger partial charge in [0.05, 0.1) is 22.0 Å². The van der Waals surface area contributed by atoms with Gasteiger partial charge in [0.1, 0.15) is 13.2 Å². The fraction of sp³-hybridized carbons (Fsp3) is 0.143.